The van der Waals surface area contributed by atoms with Crippen LogP contribution in [0.5, 0.6) is 0 Å². The second-order valence-electron chi connectivity index (χ2n) is 9.66. The van der Waals surface area contributed by atoms with E-state index in [0.29, 0.717) is 0 Å². The fourth-order valence-electron chi connectivity index (χ4n) is 5.80. The molecule has 0 spiro atoms. The molecule has 0 aliphatic carbocycles. The third kappa shape index (κ3) is 3.06. The van der Waals surface area contributed by atoms with E-state index in [1.165, 1.54) is 16.2 Å². The lowest BCUT2D eigenvalue weighted by molar-refractivity contribution is 1.33. The first-order valence-electron chi connectivity index (χ1n) is 12.8. The highest BCUT2D eigenvalue weighted by atomic mass is 14.8. The van der Waals surface area contributed by atoms with Crippen molar-refractivity contribution in [2.75, 3.05) is 0 Å². The molecule has 0 saturated carbocycles. The molecule has 0 aliphatic rings. The summed E-state index contributed by atoms with van der Waals surface area (Å²) < 4.78 is 0. The molecule has 3 nitrogen and oxygen atoms in total. The topological polar surface area (TPSA) is 38.7 Å². The molecular formula is C35H21N3. The highest BCUT2D eigenvalue weighted by Gasteiger charge is 2.19. The fourth-order valence-corrected chi connectivity index (χ4v) is 5.80. The number of rotatable bonds is 2. The van der Waals surface area contributed by atoms with Crippen molar-refractivity contribution in [1.29, 1.82) is 0 Å². The van der Waals surface area contributed by atoms with E-state index in [9.17, 15) is 0 Å². The summed E-state index contributed by atoms with van der Waals surface area (Å²) in [6.07, 6.45) is 5.69. The van der Waals surface area contributed by atoms with Crippen LogP contribution in [0.25, 0.3) is 76.5 Å². The van der Waals surface area contributed by atoms with Gasteiger partial charge in [-0.15, -0.1) is 0 Å². The van der Waals surface area contributed by atoms with Crippen LogP contribution in [-0.2, 0) is 0 Å². The fraction of sp³-hybridized carbons (Fsp3) is 0. The van der Waals surface area contributed by atoms with Gasteiger partial charge in [-0.2, -0.15) is 0 Å². The molecule has 3 heteroatoms. The maximum absolute atomic E-state index is 5.45. The number of hydrogen-bond acceptors (Lipinski definition) is 3. The maximum Gasteiger partial charge on any atom is 0.0830 e. The van der Waals surface area contributed by atoms with Gasteiger partial charge in [-0.3, -0.25) is 9.97 Å². The summed E-state index contributed by atoms with van der Waals surface area (Å²) in [5.41, 5.74) is 6.23. The van der Waals surface area contributed by atoms with Gasteiger partial charge in [-0.1, -0.05) is 103 Å². The second-order valence-corrected chi connectivity index (χ2v) is 9.66. The summed E-state index contributed by atoms with van der Waals surface area (Å²) in [5, 5.41) is 9.23. The van der Waals surface area contributed by atoms with Crippen LogP contribution in [-0.4, -0.2) is 15.0 Å². The van der Waals surface area contributed by atoms with Gasteiger partial charge in [0.2, 0.25) is 0 Å². The molecule has 176 valence electrons. The van der Waals surface area contributed by atoms with Crippen molar-refractivity contribution in [1.82, 2.24) is 15.0 Å². The first kappa shape index (κ1) is 21.0. The molecule has 0 saturated heterocycles. The predicted octanol–water partition coefficient (Wildman–Crippen LogP) is 8.97. The predicted molar refractivity (Wildman–Crippen MR) is 158 cm³/mol. The van der Waals surface area contributed by atoms with E-state index in [2.05, 4.69) is 108 Å². The van der Waals surface area contributed by atoms with E-state index in [0.717, 1.165) is 60.3 Å². The molecule has 3 aromatic heterocycles. The number of pyridine rings is 3. The lowest BCUT2D eigenvalue weighted by Crippen LogP contribution is -1.95. The van der Waals surface area contributed by atoms with Crippen molar-refractivity contribution in [3.8, 4) is 22.4 Å². The number of hydrogen-bond donors (Lipinski definition) is 0. The van der Waals surface area contributed by atoms with Crippen LogP contribution in [0, 0.1) is 0 Å². The van der Waals surface area contributed by atoms with Gasteiger partial charge < -0.3 is 0 Å². The lowest BCUT2D eigenvalue weighted by Gasteiger charge is -2.16. The molecule has 8 rings (SSSR count). The Balaban J connectivity index is 1.55. The minimum absolute atomic E-state index is 0.954. The molecule has 0 N–H and O–H groups in total. The van der Waals surface area contributed by atoms with Gasteiger partial charge in [0.1, 0.15) is 0 Å². The monoisotopic (exact) mass is 483 g/mol. The highest BCUT2D eigenvalue weighted by Crippen LogP contribution is 2.42. The normalized spacial score (nSPS) is 11.7. The van der Waals surface area contributed by atoms with Crippen LogP contribution in [0.3, 0.4) is 0 Å². The summed E-state index contributed by atoms with van der Waals surface area (Å²) in [7, 11) is 0. The smallest absolute Gasteiger partial charge is 0.0830 e. The van der Waals surface area contributed by atoms with Crippen molar-refractivity contribution in [2.24, 2.45) is 0 Å². The molecule has 8 aromatic rings. The van der Waals surface area contributed by atoms with Crippen LogP contribution in [0.15, 0.2) is 128 Å². The molecule has 0 amide bonds. The quantitative estimate of drug-likeness (QED) is 0.230. The van der Waals surface area contributed by atoms with Crippen molar-refractivity contribution < 1.29 is 0 Å². The molecular weight excluding hydrogens is 462 g/mol. The standard InChI is InChI=1S/C35H21N3/c1-2-10-26-25(8-1)21-37-35-31(26)33(23-17-15-22(16-18-23)24-9-7-19-36-20-24)38-34-30-14-6-4-12-28(30)27-11-3-5-13-29(27)32(34)35/h1-21H. The first-order chi connectivity index (χ1) is 18.9. The summed E-state index contributed by atoms with van der Waals surface area (Å²) >= 11 is 0. The minimum Gasteiger partial charge on any atom is -0.264 e. The van der Waals surface area contributed by atoms with E-state index >= 15 is 0 Å². The van der Waals surface area contributed by atoms with Crippen LogP contribution in [0.1, 0.15) is 0 Å². The third-order valence-corrected chi connectivity index (χ3v) is 7.56. The van der Waals surface area contributed by atoms with Crippen LogP contribution >= 0.6 is 0 Å². The molecule has 0 radical (unpaired) electrons. The van der Waals surface area contributed by atoms with Gasteiger partial charge in [-0.05, 0) is 38.7 Å². The molecule has 5 aromatic carbocycles. The van der Waals surface area contributed by atoms with E-state index < -0.39 is 0 Å². The van der Waals surface area contributed by atoms with Gasteiger partial charge in [0.25, 0.3) is 0 Å². The van der Waals surface area contributed by atoms with Gasteiger partial charge >= 0.3 is 0 Å². The molecule has 0 fully saturated rings. The van der Waals surface area contributed by atoms with Crippen LogP contribution < -0.4 is 0 Å². The molecule has 0 unspecified atom stereocenters. The zero-order valence-corrected chi connectivity index (χ0v) is 20.5. The summed E-state index contributed by atoms with van der Waals surface area (Å²) in [4.78, 5) is 14.8. The van der Waals surface area contributed by atoms with Crippen molar-refractivity contribution in [2.45, 2.75) is 0 Å². The molecule has 0 aliphatic heterocycles. The lowest BCUT2D eigenvalue weighted by atomic mass is 9.92. The van der Waals surface area contributed by atoms with Gasteiger partial charge in [0, 0.05) is 45.7 Å². The zero-order chi connectivity index (χ0) is 25.1. The Labute approximate surface area is 219 Å². The Morgan fingerprint density at radius 1 is 0.421 bits per heavy atom. The average molecular weight is 484 g/mol. The van der Waals surface area contributed by atoms with Crippen LogP contribution in [0.4, 0.5) is 0 Å². The third-order valence-electron chi connectivity index (χ3n) is 7.56. The summed E-state index contributed by atoms with van der Waals surface area (Å²) in [6, 6.07) is 38.4. The van der Waals surface area contributed by atoms with Gasteiger partial charge in [-0.25, -0.2) is 4.98 Å². The Morgan fingerprint density at radius 2 is 1.08 bits per heavy atom. The zero-order valence-electron chi connectivity index (χ0n) is 20.5. The van der Waals surface area contributed by atoms with E-state index in [4.69, 9.17) is 9.97 Å². The molecule has 38 heavy (non-hydrogen) atoms. The number of fused-ring (bicyclic) bond motifs is 10. The largest absolute Gasteiger partial charge is 0.264 e. The number of benzene rings is 5. The van der Waals surface area contributed by atoms with Crippen LogP contribution in [0.2, 0.25) is 0 Å². The van der Waals surface area contributed by atoms with E-state index in [1.807, 2.05) is 18.5 Å². The highest BCUT2D eigenvalue weighted by molar-refractivity contribution is 6.32. The second kappa shape index (κ2) is 8.19. The molecule has 0 bridgehead atoms. The summed E-state index contributed by atoms with van der Waals surface area (Å²) in [5.74, 6) is 0. The van der Waals surface area contributed by atoms with Crippen molar-refractivity contribution in [3.05, 3.63) is 128 Å². The van der Waals surface area contributed by atoms with Crippen molar-refractivity contribution in [3.63, 3.8) is 0 Å². The Morgan fingerprint density at radius 3 is 1.84 bits per heavy atom. The average Bonchev–Trinajstić information content (AvgIpc) is 3.01. The SMILES string of the molecule is c1cncc(-c2ccc(-c3nc4c5ccccc5c5ccccc5c4c4ncc5ccccc5c34)cc2)c1. The summed E-state index contributed by atoms with van der Waals surface area (Å²) in [6.45, 7) is 0. The first-order valence-corrected chi connectivity index (χ1v) is 12.8. The Bertz CT molecular complexity index is 2170. The Hall–Kier alpha value is -5.15. The van der Waals surface area contributed by atoms with E-state index in [1.54, 1.807) is 6.20 Å². The van der Waals surface area contributed by atoms with E-state index in [-0.39, 0.29) is 0 Å². The molecule has 0 atom stereocenters. The number of aromatic nitrogens is 3. The van der Waals surface area contributed by atoms with Gasteiger partial charge in [0.05, 0.1) is 16.7 Å². The van der Waals surface area contributed by atoms with Crippen molar-refractivity contribution >= 4 is 54.1 Å². The molecule has 3 heterocycles. The minimum atomic E-state index is 0.954. The maximum atomic E-state index is 5.45. The Kier molecular flexibility index (Phi) is 4.52. The van der Waals surface area contributed by atoms with Gasteiger partial charge in [0.15, 0.2) is 0 Å². The number of nitrogens with zero attached hydrogens (tertiary/aromatic N) is 3.